The van der Waals surface area contributed by atoms with Gasteiger partial charge in [0.1, 0.15) is 5.82 Å². The van der Waals surface area contributed by atoms with E-state index in [0.29, 0.717) is 13.1 Å². The molecule has 138 valence electrons. The predicted octanol–water partition coefficient (Wildman–Crippen LogP) is 3.57. The molecule has 0 unspecified atom stereocenters. The molecule has 3 rings (SSSR count). The molecule has 0 saturated heterocycles. The summed E-state index contributed by atoms with van der Waals surface area (Å²) in [7, 11) is 0. The van der Waals surface area contributed by atoms with Gasteiger partial charge < -0.3 is 10.6 Å². The minimum atomic E-state index is -0.227. The molecule has 7 heteroatoms. The van der Waals surface area contributed by atoms with Crippen molar-refractivity contribution in [2.45, 2.75) is 32.7 Å². The number of rotatable bonds is 6. The summed E-state index contributed by atoms with van der Waals surface area (Å²) in [5.41, 5.74) is 1.66. The van der Waals surface area contributed by atoms with Gasteiger partial charge in [-0.15, -0.1) is 11.3 Å². The second kappa shape index (κ2) is 7.86. The first-order chi connectivity index (χ1) is 12.5. The van der Waals surface area contributed by atoms with E-state index in [1.807, 2.05) is 35.2 Å². The van der Waals surface area contributed by atoms with E-state index in [4.69, 9.17) is 0 Å². The standard InChI is InChI=1S/C19H24FN5S/c1-4-21-17(22-11-16-12-25-8-9-26-18(25)24-16)23-13-19(2,3)14-6-5-7-15(20)10-14/h5-10,12H,4,11,13H2,1-3H3,(H2,21,22,23). The van der Waals surface area contributed by atoms with Crippen LogP contribution in [0.2, 0.25) is 0 Å². The molecule has 0 bridgehead atoms. The molecular formula is C19H24FN5S. The summed E-state index contributed by atoms with van der Waals surface area (Å²) < 4.78 is 15.5. The van der Waals surface area contributed by atoms with Gasteiger partial charge in [0, 0.05) is 36.3 Å². The Morgan fingerprint density at radius 1 is 1.35 bits per heavy atom. The minimum Gasteiger partial charge on any atom is -0.357 e. The van der Waals surface area contributed by atoms with Gasteiger partial charge in [0.15, 0.2) is 10.9 Å². The first kappa shape index (κ1) is 18.4. The van der Waals surface area contributed by atoms with Gasteiger partial charge in [-0.2, -0.15) is 0 Å². The quantitative estimate of drug-likeness (QED) is 0.513. The molecule has 0 aliphatic rings. The number of benzene rings is 1. The van der Waals surface area contributed by atoms with Crippen LogP contribution >= 0.6 is 11.3 Å². The number of nitrogens with one attached hydrogen (secondary N) is 2. The predicted molar refractivity (Wildman–Crippen MR) is 105 cm³/mol. The number of hydrogen-bond acceptors (Lipinski definition) is 3. The molecule has 0 atom stereocenters. The highest BCUT2D eigenvalue weighted by Gasteiger charge is 2.21. The van der Waals surface area contributed by atoms with E-state index in [1.54, 1.807) is 23.5 Å². The van der Waals surface area contributed by atoms with E-state index in [0.717, 1.165) is 28.7 Å². The van der Waals surface area contributed by atoms with Crippen LogP contribution in [0.4, 0.5) is 4.39 Å². The van der Waals surface area contributed by atoms with Crippen LogP contribution in [-0.2, 0) is 12.0 Å². The van der Waals surface area contributed by atoms with Crippen molar-refractivity contribution in [1.29, 1.82) is 0 Å². The average molecular weight is 374 g/mol. The van der Waals surface area contributed by atoms with Crippen LogP contribution in [0.3, 0.4) is 0 Å². The smallest absolute Gasteiger partial charge is 0.193 e. The lowest BCUT2D eigenvalue weighted by molar-refractivity contribution is 0.503. The Morgan fingerprint density at radius 2 is 2.19 bits per heavy atom. The number of imidazole rings is 1. The Labute approximate surface area is 157 Å². The number of aliphatic imine (C=N–C) groups is 1. The van der Waals surface area contributed by atoms with Gasteiger partial charge in [0.25, 0.3) is 0 Å². The Morgan fingerprint density at radius 3 is 2.92 bits per heavy atom. The Bertz CT molecular complexity index is 868. The summed E-state index contributed by atoms with van der Waals surface area (Å²) in [5, 5.41) is 8.62. The van der Waals surface area contributed by atoms with Gasteiger partial charge in [-0.3, -0.25) is 4.40 Å². The molecule has 0 aliphatic heterocycles. The summed E-state index contributed by atoms with van der Waals surface area (Å²) in [6, 6.07) is 6.75. The van der Waals surface area contributed by atoms with Crippen molar-refractivity contribution in [2.24, 2.45) is 4.99 Å². The number of thiazole rings is 1. The van der Waals surface area contributed by atoms with Crippen molar-refractivity contribution in [1.82, 2.24) is 20.0 Å². The molecule has 0 radical (unpaired) electrons. The largest absolute Gasteiger partial charge is 0.357 e. The third-order valence-corrected chi connectivity index (χ3v) is 4.96. The highest BCUT2D eigenvalue weighted by molar-refractivity contribution is 7.15. The third-order valence-electron chi connectivity index (χ3n) is 4.19. The van der Waals surface area contributed by atoms with Crippen LogP contribution < -0.4 is 10.6 Å². The zero-order valence-electron chi connectivity index (χ0n) is 15.3. The van der Waals surface area contributed by atoms with Crippen LogP contribution in [0.25, 0.3) is 4.96 Å². The third kappa shape index (κ3) is 4.40. The Kier molecular flexibility index (Phi) is 5.56. The molecule has 0 fully saturated rings. The first-order valence-corrected chi connectivity index (χ1v) is 9.55. The molecule has 0 aliphatic carbocycles. The minimum absolute atomic E-state index is 0.212. The second-order valence-electron chi connectivity index (χ2n) is 6.77. The Balaban J connectivity index is 1.66. The van der Waals surface area contributed by atoms with Crippen LogP contribution in [0.1, 0.15) is 32.0 Å². The van der Waals surface area contributed by atoms with Crippen LogP contribution in [0.5, 0.6) is 0 Å². The molecule has 1 aromatic carbocycles. The maximum Gasteiger partial charge on any atom is 0.193 e. The molecule has 3 aromatic rings. The van der Waals surface area contributed by atoms with Crippen molar-refractivity contribution < 1.29 is 4.39 Å². The highest BCUT2D eigenvalue weighted by Crippen LogP contribution is 2.22. The molecule has 0 spiro atoms. The van der Waals surface area contributed by atoms with Crippen LogP contribution in [0, 0.1) is 5.82 Å². The lowest BCUT2D eigenvalue weighted by Gasteiger charge is -2.26. The van der Waals surface area contributed by atoms with Crippen molar-refractivity contribution in [2.75, 3.05) is 13.1 Å². The number of fused-ring (bicyclic) bond motifs is 1. The molecule has 0 saturated carbocycles. The second-order valence-corrected chi connectivity index (χ2v) is 7.64. The van der Waals surface area contributed by atoms with Crippen molar-refractivity contribution >= 4 is 22.3 Å². The molecule has 0 amide bonds. The summed E-state index contributed by atoms with van der Waals surface area (Å²) in [6.45, 7) is 8.11. The van der Waals surface area contributed by atoms with Gasteiger partial charge in [-0.25, -0.2) is 14.4 Å². The Hall–Kier alpha value is -2.41. The summed E-state index contributed by atoms with van der Waals surface area (Å²) in [6.07, 6.45) is 3.99. The first-order valence-electron chi connectivity index (χ1n) is 8.67. The molecule has 5 nitrogen and oxygen atoms in total. The van der Waals surface area contributed by atoms with Gasteiger partial charge in [0.2, 0.25) is 0 Å². The van der Waals surface area contributed by atoms with Crippen LogP contribution in [-0.4, -0.2) is 28.4 Å². The fourth-order valence-corrected chi connectivity index (χ4v) is 3.39. The molecular weight excluding hydrogens is 349 g/mol. The van der Waals surface area contributed by atoms with E-state index < -0.39 is 0 Å². The van der Waals surface area contributed by atoms with Crippen LogP contribution in [0.15, 0.2) is 47.0 Å². The van der Waals surface area contributed by atoms with E-state index in [-0.39, 0.29) is 11.2 Å². The summed E-state index contributed by atoms with van der Waals surface area (Å²) in [5.74, 6) is 0.518. The zero-order valence-corrected chi connectivity index (χ0v) is 16.1. The normalized spacial score (nSPS) is 12.5. The van der Waals surface area contributed by atoms with Crippen molar-refractivity contribution in [3.05, 3.63) is 59.1 Å². The molecule has 2 aromatic heterocycles. The summed E-state index contributed by atoms with van der Waals surface area (Å²) in [4.78, 5) is 10.1. The monoisotopic (exact) mass is 373 g/mol. The van der Waals surface area contributed by atoms with Gasteiger partial charge in [0.05, 0.1) is 12.2 Å². The lowest BCUT2D eigenvalue weighted by Crippen LogP contribution is -2.43. The van der Waals surface area contributed by atoms with Gasteiger partial charge >= 0.3 is 0 Å². The number of hydrogen-bond donors (Lipinski definition) is 2. The fraction of sp³-hybridized carbons (Fsp3) is 0.368. The summed E-state index contributed by atoms with van der Waals surface area (Å²) >= 11 is 1.61. The number of aromatic nitrogens is 2. The fourth-order valence-electron chi connectivity index (χ4n) is 2.67. The average Bonchev–Trinajstić information content (AvgIpc) is 3.19. The van der Waals surface area contributed by atoms with Crippen molar-refractivity contribution in [3.8, 4) is 0 Å². The maximum atomic E-state index is 13.5. The topological polar surface area (TPSA) is 53.7 Å². The van der Waals surface area contributed by atoms with Crippen molar-refractivity contribution in [3.63, 3.8) is 0 Å². The number of guanidine groups is 1. The SMILES string of the molecule is CCNC(=NCc1cn2ccsc2n1)NCC(C)(C)c1cccc(F)c1. The maximum absolute atomic E-state index is 13.5. The zero-order chi connectivity index (χ0) is 18.6. The highest BCUT2D eigenvalue weighted by atomic mass is 32.1. The van der Waals surface area contributed by atoms with E-state index >= 15 is 0 Å². The van der Waals surface area contributed by atoms with Gasteiger partial charge in [-0.05, 0) is 24.6 Å². The lowest BCUT2D eigenvalue weighted by atomic mass is 9.84. The van der Waals surface area contributed by atoms with E-state index in [2.05, 4.69) is 34.5 Å². The van der Waals surface area contributed by atoms with E-state index in [1.165, 1.54) is 6.07 Å². The number of nitrogens with zero attached hydrogens (tertiary/aromatic N) is 3. The van der Waals surface area contributed by atoms with E-state index in [9.17, 15) is 4.39 Å². The van der Waals surface area contributed by atoms with Gasteiger partial charge in [-0.1, -0.05) is 26.0 Å². The molecule has 26 heavy (non-hydrogen) atoms. The molecule has 2 N–H and O–H groups in total. The molecule has 2 heterocycles. The number of halogens is 1.